The van der Waals surface area contributed by atoms with Gasteiger partial charge in [0.25, 0.3) is 0 Å². The van der Waals surface area contributed by atoms with E-state index in [2.05, 4.69) is 45.0 Å². The molecule has 1 N–H and O–H groups in total. The number of hydrogen-bond donors (Lipinski definition) is 1. The van der Waals surface area contributed by atoms with Crippen LogP contribution in [-0.4, -0.2) is 11.2 Å². The molecule has 0 saturated carbocycles. The zero-order valence-corrected chi connectivity index (χ0v) is 10.2. The molecule has 1 rings (SSSR count). The summed E-state index contributed by atoms with van der Waals surface area (Å²) in [5.41, 5.74) is 2.77. The monoisotopic (exact) mass is 206 g/mol. The number of benzene rings is 1. The van der Waals surface area contributed by atoms with Crippen molar-refractivity contribution in [2.75, 3.05) is 0 Å². The van der Waals surface area contributed by atoms with E-state index in [1.54, 1.807) is 0 Å². The molecule has 0 spiro atoms. The van der Waals surface area contributed by atoms with Gasteiger partial charge in [-0.05, 0) is 29.4 Å². The summed E-state index contributed by atoms with van der Waals surface area (Å²) >= 11 is 0. The molecule has 1 heteroatoms. The Morgan fingerprint density at radius 2 is 1.67 bits per heavy atom. The van der Waals surface area contributed by atoms with Crippen LogP contribution in [0.1, 0.15) is 45.2 Å². The maximum Gasteiger partial charge on any atom is 0.0577 e. The van der Waals surface area contributed by atoms with E-state index in [0.717, 1.165) is 12.8 Å². The molecule has 15 heavy (non-hydrogen) atoms. The Morgan fingerprint density at radius 3 is 2.07 bits per heavy atom. The number of aliphatic hydroxyl groups is 1. The molecule has 0 heterocycles. The third kappa shape index (κ3) is 3.67. The average molecular weight is 206 g/mol. The van der Waals surface area contributed by atoms with Crippen LogP contribution in [0.25, 0.3) is 0 Å². The SMILES string of the molecule is CC[C@@H](O)Cc1ccc(C(C)(C)C)cc1. The second-order valence-corrected chi connectivity index (χ2v) is 5.21. The van der Waals surface area contributed by atoms with Crippen LogP contribution in [0.5, 0.6) is 0 Å². The lowest BCUT2D eigenvalue weighted by Gasteiger charge is -2.19. The quantitative estimate of drug-likeness (QED) is 0.804. The minimum absolute atomic E-state index is 0.203. The van der Waals surface area contributed by atoms with Crippen LogP contribution >= 0.6 is 0 Å². The van der Waals surface area contributed by atoms with Crippen LogP contribution in [0.2, 0.25) is 0 Å². The van der Waals surface area contributed by atoms with Gasteiger partial charge >= 0.3 is 0 Å². The van der Waals surface area contributed by atoms with Gasteiger partial charge in [-0.1, -0.05) is 52.0 Å². The molecular formula is C14H22O. The van der Waals surface area contributed by atoms with Crippen molar-refractivity contribution >= 4 is 0 Å². The van der Waals surface area contributed by atoms with Crippen LogP contribution in [-0.2, 0) is 11.8 Å². The number of hydrogen-bond acceptors (Lipinski definition) is 1. The van der Waals surface area contributed by atoms with Crippen LogP contribution in [0.4, 0.5) is 0 Å². The summed E-state index contributed by atoms with van der Waals surface area (Å²) in [6, 6.07) is 8.58. The third-order valence-electron chi connectivity index (χ3n) is 2.76. The number of aliphatic hydroxyl groups excluding tert-OH is 1. The molecule has 0 aliphatic carbocycles. The Morgan fingerprint density at radius 1 is 1.13 bits per heavy atom. The topological polar surface area (TPSA) is 20.2 Å². The van der Waals surface area contributed by atoms with Crippen molar-refractivity contribution in [3.8, 4) is 0 Å². The van der Waals surface area contributed by atoms with Gasteiger partial charge in [0.2, 0.25) is 0 Å². The average Bonchev–Trinajstić information content (AvgIpc) is 2.17. The summed E-state index contributed by atoms with van der Waals surface area (Å²) in [7, 11) is 0. The molecule has 0 aliphatic rings. The molecule has 1 aromatic rings. The highest BCUT2D eigenvalue weighted by molar-refractivity contribution is 5.27. The molecule has 0 bridgehead atoms. The molecule has 1 atom stereocenters. The minimum Gasteiger partial charge on any atom is -0.393 e. The first-order valence-corrected chi connectivity index (χ1v) is 5.71. The number of rotatable bonds is 3. The molecular weight excluding hydrogens is 184 g/mol. The van der Waals surface area contributed by atoms with Crippen LogP contribution < -0.4 is 0 Å². The van der Waals surface area contributed by atoms with E-state index in [9.17, 15) is 5.11 Å². The van der Waals surface area contributed by atoms with Crippen molar-refractivity contribution in [3.05, 3.63) is 35.4 Å². The summed E-state index contributed by atoms with van der Waals surface area (Å²) in [6.07, 6.45) is 1.38. The molecule has 0 radical (unpaired) electrons. The van der Waals surface area contributed by atoms with Crippen molar-refractivity contribution in [1.82, 2.24) is 0 Å². The Labute approximate surface area is 93.1 Å². The van der Waals surface area contributed by atoms with E-state index < -0.39 is 0 Å². The smallest absolute Gasteiger partial charge is 0.0577 e. The van der Waals surface area contributed by atoms with E-state index in [4.69, 9.17) is 0 Å². The Balaban J connectivity index is 2.73. The van der Waals surface area contributed by atoms with Gasteiger partial charge in [-0.25, -0.2) is 0 Å². The summed E-state index contributed by atoms with van der Waals surface area (Å²) in [5, 5.41) is 9.54. The Kier molecular flexibility index (Phi) is 3.92. The van der Waals surface area contributed by atoms with E-state index in [1.807, 2.05) is 6.92 Å². The fourth-order valence-electron chi connectivity index (χ4n) is 1.56. The van der Waals surface area contributed by atoms with Crippen LogP contribution in [0.3, 0.4) is 0 Å². The lowest BCUT2D eigenvalue weighted by Crippen LogP contribution is -2.12. The van der Waals surface area contributed by atoms with Gasteiger partial charge in [0, 0.05) is 0 Å². The first kappa shape index (κ1) is 12.3. The molecule has 0 amide bonds. The Hall–Kier alpha value is -0.820. The van der Waals surface area contributed by atoms with Crippen molar-refractivity contribution in [2.24, 2.45) is 0 Å². The first-order valence-electron chi connectivity index (χ1n) is 5.71. The lowest BCUT2D eigenvalue weighted by atomic mass is 9.86. The first-order chi connectivity index (χ1) is 6.93. The van der Waals surface area contributed by atoms with Gasteiger partial charge in [-0.2, -0.15) is 0 Å². The van der Waals surface area contributed by atoms with E-state index >= 15 is 0 Å². The second kappa shape index (κ2) is 4.80. The molecule has 0 fully saturated rings. The predicted molar refractivity (Wildman–Crippen MR) is 65.1 cm³/mol. The predicted octanol–water partition coefficient (Wildman–Crippen LogP) is 3.30. The Bertz CT molecular complexity index is 292. The molecule has 0 aliphatic heterocycles. The molecule has 84 valence electrons. The lowest BCUT2D eigenvalue weighted by molar-refractivity contribution is 0.171. The van der Waals surface area contributed by atoms with Crippen LogP contribution in [0, 0.1) is 0 Å². The molecule has 0 saturated heterocycles. The van der Waals surface area contributed by atoms with Gasteiger partial charge in [-0.3, -0.25) is 0 Å². The van der Waals surface area contributed by atoms with Gasteiger partial charge in [0.05, 0.1) is 6.10 Å². The van der Waals surface area contributed by atoms with E-state index in [1.165, 1.54) is 11.1 Å². The maximum absolute atomic E-state index is 9.54. The summed E-state index contributed by atoms with van der Waals surface area (Å²) in [4.78, 5) is 0. The maximum atomic E-state index is 9.54. The molecule has 1 nitrogen and oxygen atoms in total. The second-order valence-electron chi connectivity index (χ2n) is 5.21. The highest BCUT2D eigenvalue weighted by Gasteiger charge is 2.13. The van der Waals surface area contributed by atoms with Gasteiger partial charge in [-0.15, -0.1) is 0 Å². The van der Waals surface area contributed by atoms with Gasteiger partial charge < -0.3 is 5.11 Å². The fraction of sp³-hybridized carbons (Fsp3) is 0.571. The summed E-state index contributed by atoms with van der Waals surface area (Å²) in [5.74, 6) is 0. The summed E-state index contributed by atoms with van der Waals surface area (Å²) in [6.45, 7) is 8.64. The van der Waals surface area contributed by atoms with Gasteiger partial charge in [0.1, 0.15) is 0 Å². The molecule has 1 aromatic carbocycles. The molecule has 0 aromatic heterocycles. The van der Waals surface area contributed by atoms with Crippen molar-refractivity contribution < 1.29 is 5.11 Å². The van der Waals surface area contributed by atoms with Crippen molar-refractivity contribution in [1.29, 1.82) is 0 Å². The van der Waals surface area contributed by atoms with Crippen LogP contribution in [0.15, 0.2) is 24.3 Å². The summed E-state index contributed by atoms with van der Waals surface area (Å²) < 4.78 is 0. The molecule has 0 unspecified atom stereocenters. The van der Waals surface area contributed by atoms with E-state index in [0.29, 0.717) is 0 Å². The minimum atomic E-state index is -0.203. The van der Waals surface area contributed by atoms with Crippen molar-refractivity contribution in [3.63, 3.8) is 0 Å². The van der Waals surface area contributed by atoms with Crippen molar-refractivity contribution in [2.45, 2.75) is 52.1 Å². The van der Waals surface area contributed by atoms with Gasteiger partial charge in [0.15, 0.2) is 0 Å². The standard InChI is InChI=1S/C14H22O/c1-5-13(15)10-11-6-8-12(9-7-11)14(2,3)4/h6-9,13,15H,5,10H2,1-4H3/t13-/m1/s1. The largest absolute Gasteiger partial charge is 0.393 e. The zero-order chi connectivity index (χ0) is 11.5. The third-order valence-corrected chi connectivity index (χ3v) is 2.76. The zero-order valence-electron chi connectivity index (χ0n) is 10.2. The van der Waals surface area contributed by atoms with E-state index in [-0.39, 0.29) is 11.5 Å². The highest BCUT2D eigenvalue weighted by Crippen LogP contribution is 2.22. The normalized spacial score (nSPS) is 13.9. The fourth-order valence-corrected chi connectivity index (χ4v) is 1.56. The highest BCUT2D eigenvalue weighted by atomic mass is 16.3.